The van der Waals surface area contributed by atoms with Crippen LogP contribution in [0.2, 0.25) is 0 Å². The molecule has 1 saturated heterocycles. The number of hydrogen-bond donors (Lipinski definition) is 1. The first-order chi connectivity index (χ1) is 10.1. The van der Waals surface area contributed by atoms with E-state index in [2.05, 4.69) is 36.6 Å². The van der Waals surface area contributed by atoms with Crippen LogP contribution < -0.4 is 0 Å². The summed E-state index contributed by atoms with van der Waals surface area (Å²) in [4.78, 5) is 2.61. The summed E-state index contributed by atoms with van der Waals surface area (Å²) in [6.45, 7) is 8.43. The average molecular weight is 281 g/mol. The molecule has 3 aliphatic rings. The summed E-state index contributed by atoms with van der Waals surface area (Å²) in [5.41, 5.74) is 2.79. The molecule has 1 N–H and O–H groups in total. The molecule has 0 radical (unpaired) electrons. The SMILES string of the molecule is C=CCN1CC2C=C[C@@]3(C)c4cc(O)ccc4CC1C3C2. The van der Waals surface area contributed by atoms with Gasteiger partial charge in [0.05, 0.1) is 0 Å². The number of hydrogen-bond acceptors (Lipinski definition) is 2. The van der Waals surface area contributed by atoms with E-state index in [9.17, 15) is 5.11 Å². The summed E-state index contributed by atoms with van der Waals surface area (Å²) in [5.74, 6) is 1.72. The highest BCUT2D eigenvalue weighted by Crippen LogP contribution is 2.52. The fourth-order valence-electron chi connectivity index (χ4n) is 4.90. The summed E-state index contributed by atoms with van der Waals surface area (Å²) in [7, 11) is 0. The molecule has 0 amide bonds. The van der Waals surface area contributed by atoms with Gasteiger partial charge in [-0.3, -0.25) is 4.90 Å². The van der Waals surface area contributed by atoms with Crippen molar-refractivity contribution in [2.24, 2.45) is 11.8 Å². The first-order valence-corrected chi connectivity index (χ1v) is 7.98. The highest BCUT2D eigenvalue weighted by atomic mass is 16.3. The number of aromatic hydroxyl groups is 1. The summed E-state index contributed by atoms with van der Waals surface area (Å²) >= 11 is 0. The van der Waals surface area contributed by atoms with E-state index in [-0.39, 0.29) is 5.41 Å². The van der Waals surface area contributed by atoms with Gasteiger partial charge in [-0.05, 0) is 47.9 Å². The maximum absolute atomic E-state index is 9.91. The molecule has 0 saturated carbocycles. The Bertz CT molecular complexity index is 620. The molecule has 4 atom stereocenters. The van der Waals surface area contributed by atoms with Crippen molar-refractivity contribution in [3.8, 4) is 5.75 Å². The van der Waals surface area contributed by atoms with Crippen molar-refractivity contribution in [2.75, 3.05) is 13.1 Å². The standard InChI is InChI=1S/C19H23NO/c1-3-8-20-12-13-6-7-19(2)16-11-15(21)5-4-14(16)10-18(20)17(19)9-13/h3-7,11,13,17-18,21H,1,8-10,12H2,2H3/t13?,17?,18?,19-/m0/s1. The van der Waals surface area contributed by atoms with Crippen molar-refractivity contribution in [1.82, 2.24) is 4.90 Å². The molecular weight excluding hydrogens is 258 g/mol. The lowest BCUT2D eigenvalue weighted by molar-refractivity contribution is 0.0325. The largest absolute Gasteiger partial charge is 0.508 e. The van der Waals surface area contributed by atoms with Crippen LogP contribution in [0, 0.1) is 11.8 Å². The van der Waals surface area contributed by atoms with Crippen molar-refractivity contribution in [1.29, 1.82) is 0 Å². The predicted molar refractivity (Wildman–Crippen MR) is 85.5 cm³/mol. The van der Waals surface area contributed by atoms with Crippen LogP contribution in [0.5, 0.6) is 5.75 Å². The second-order valence-corrected chi connectivity index (χ2v) is 7.10. The highest BCUT2D eigenvalue weighted by Gasteiger charge is 2.50. The molecule has 2 bridgehead atoms. The van der Waals surface area contributed by atoms with E-state index in [4.69, 9.17) is 0 Å². The Labute approximate surface area is 126 Å². The fourth-order valence-corrected chi connectivity index (χ4v) is 4.90. The minimum atomic E-state index is 0.0628. The van der Waals surface area contributed by atoms with Gasteiger partial charge in [0, 0.05) is 24.5 Å². The van der Waals surface area contributed by atoms with E-state index >= 15 is 0 Å². The quantitative estimate of drug-likeness (QED) is 0.841. The molecule has 2 aliphatic carbocycles. The Kier molecular flexibility index (Phi) is 2.80. The van der Waals surface area contributed by atoms with Crippen LogP contribution in [0.15, 0.2) is 43.0 Å². The molecular formula is C19H23NO. The number of phenolic OH excluding ortho intramolecular Hbond substituents is 1. The monoisotopic (exact) mass is 281 g/mol. The average Bonchev–Trinajstić information content (AvgIpc) is 2.48. The third-order valence-electron chi connectivity index (χ3n) is 5.91. The normalized spacial score (nSPS) is 37.1. The summed E-state index contributed by atoms with van der Waals surface area (Å²) in [6, 6.07) is 6.54. The Morgan fingerprint density at radius 1 is 1.48 bits per heavy atom. The number of allylic oxidation sites excluding steroid dienone is 1. The topological polar surface area (TPSA) is 23.5 Å². The Morgan fingerprint density at radius 2 is 2.33 bits per heavy atom. The Hall–Kier alpha value is -1.54. The van der Waals surface area contributed by atoms with Gasteiger partial charge in [-0.1, -0.05) is 31.2 Å². The van der Waals surface area contributed by atoms with Crippen molar-refractivity contribution >= 4 is 0 Å². The second-order valence-electron chi connectivity index (χ2n) is 7.10. The van der Waals surface area contributed by atoms with Crippen molar-refractivity contribution in [2.45, 2.75) is 31.2 Å². The van der Waals surface area contributed by atoms with Crippen LogP contribution in [-0.4, -0.2) is 29.1 Å². The van der Waals surface area contributed by atoms with Gasteiger partial charge >= 0.3 is 0 Å². The Morgan fingerprint density at radius 3 is 3.14 bits per heavy atom. The van der Waals surface area contributed by atoms with Crippen LogP contribution in [0.3, 0.4) is 0 Å². The lowest BCUT2D eigenvalue weighted by Gasteiger charge is -2.56. The van der Waals surface area contributed by atoms with Gasteiger partial charge in [-0.25, -0.2) is 0 Å². The molecule has 4 rings (SSSR count). The van der Waals surface area contributed by atoms with E-state index in [0.717, 1.165) is 19.5 Å². The molecule has 0 aromatic heterocycles. The maximum Gasteiger partial charge on any atom is 0.115 e. The van der Waals surface area contributed by atoms with E-state index in [1.807, 2.05) is 18.2 Å². The molecule has 3 unspecified atom stereocenters. The van der Waals surface area contributed by atoms with Crippen LogP contribution in [0.1, 0.15) is 24.5 Å². The number of fused-ring (bicyclic) bond motifs is 3. The summed E-state index contributed by atoms with van der Waals surface area (Å²) < 4.78 is 0. The zero-order valence-electron chi connectivity index (χ0n) is 12.6. The molecule has 110 valence electrons. The van der Waals surface area contributed by atoms with Gasteiger partial charge in [-0.15, -0.1) is 6.58 Å². The lowest BCUT2D eigenvalue weighted by atomic mass is 9.55. The first-order valence-electron chi connectivity index (χ1n) is 7.98. The third-order valence-corrected chi connectivity index (χ3v) is 5.91. The van der Waals surface area contributed by atoms with Crippen LogP contribution in [0.4, 0.5) is 0 Å². The van der Waals surface area contributed by atoms with E-state index in [0.29, 0.717) is 23.6 Å². The van der Waals surface area contributed by atoms with Gasteiger partial charge in [0.1, 0.15) is 5.75 Å². The predicted octanol–water partition coefficient (Wildman–Crippen LogP) is 3.27. The molecule has 1 heterocycles. The highest BCUT2D eigenvalue weighted by molar-refractivity contribution is 5.47. The lowest BCUT2D eigenvalue weighted by Crippen LogP contribution is -2.59. The maximum atomic E-state index is 9.91. The van der Waals surface area contributed by atoms with E-state index in [1.165, 1.54) is 17.5 Å². The zero-order chi connectivity index (χ0) is 14.6. The number of piperidine rings is 1. The van der Waals surface area contributed by atoms with Crippen LogP contribution in [0.25, 0.3) is 0 Å². The fraction of sp³-hybridized carbons (Fsp3) is 0.474. The van der Waals surface area contributed by atoms with Gasteiger partial charge in [0.15, 0.2) is 0 Å². The minimum absolute atomic E-state index is 0.0628. The van der Waals surface area contributed by atoms with Crippen LogP contribution in [-0.2, 0) is 11.8 Å². The number of phenols is 1. The first kappa shape index (κ1) is 13.1. The van der Waals surface area contributed by atoms with E-state index < -0.39 is 0 Å². The molecule has 1 aromatic carbocycles. The van der Waals surface area contributed by atoms with E-state index in [1.54, 1.807) is 0 Å². The second kappa shape index (κ2) is 4.48. The van der Waals surface area contributed by atoms with Gasteiger partial charge in [-0.2, -0.15) is 0 Å². The number of likely N-dealkylation sites (tertiary alicyclic amines) is 1. The molecule has 1 fully saturated rings. The summed E-state index contributed by atoms with van der Waals surface area (Å²) in [5, 5.41) is 9.91. The number of benzene rings is 1. The van der Waals surface area contributed by atoms with Gasteiger partial charge in [0.25, 0.3) is 0 Å². The minimum Gasteiger partial charge on any atom is -0.508 e. The molecule has 1 aliphatic heterocycles. The molecule has 2 heteroatoms. The number of nitrogens with zero attached hydrogens (tertiary/aromatic N) is 1. The molecule has 0 spiro atoms. The molecule has 1 aromatic rings. The number of rotatable bonds is 2. The third kappa shape index (κ3) is 1.82. The van der Waals surface area contributed by atoms with Crippen molar-refractivity contribution in [3.05, 3.63) is 54.1 Å². The van der Waals surface area contributed by atoms with Gasteiger partial charge < -0.3 is 5.11 Å². The molecule has 21 heavy (non-hydrogen) atoms. The van der Waals surface area contributed by atoms with Gasteiger partial charge in [0.2, 0.25) is 0 Å². The summed E-state index contributed by atoms with van der Waals surface area (Å²) in [6.07, 6.45) is 9.24. The molecule has 2 nitrogen and oxygen atoms in total. The smallest absolute Gasteiger partial charge is 0.115 e. The van der Waals surface area contributed by atoms with Crippen LogP contribution >= 0.6 is 0 Å². The van der Waals surface area contributed by atoms with Crippen molar-refractivity contribution in [3.63, 3.8) is 0 Å². The Balaban J connectivity index is 1.87. The van der Waals surface area contributed by atoms with Crippen molar-refractivity contribution < 1.29 is 5.11 Å². The zero-order valence-corrected chi connectivity index (χ0v) is 12.6.